The average molecular weight is 560 g/mol. The number of hydrogen-bond acceptors (Lipinski definition) is 6. The van der Waals surface area contributed by atoms with Gasteiger partial charge < -0.3 is 10.1 Å². The Morgan fingerprint density at radius 1 is 0.943 bits per heavy atom. The normalized spacial score (nSPS) is 13.0. The van der Waals surface area contributed by atoms with Gasteiger partial charge in [-0.3, -0.25) is 8.98 Å². The van der Waals surface area contributed by atoms with Gasteiger partial charge in [-0.25, -0.2) is 4.79 Å². The van der Waals surface area contributed by atoms with E-state index in [4.69, 9.17) is 8.92 Å². The maximum absolute atomic E-state index is 12.9. The minimum Gasteiger partial charge on any atom is -0.459 e. The molecular weight excluding hydrogens is 534 g/mol. The third kappa shape index (κ3) is 7.74. The zero-order valence-electron chi connectivity index (χ0n) is 19.3. The number of esters is 1. The number of amides is 1. The number of carbonyl (C=O) groups excluding carboxylic acids is 2. The molecule has 3 rings (SSSR count). The van der Waals surface area contributed by atoms with Crippen molar-refractivity contribution in [2.75, 3.05) is 0 Å². The van der Waals surface area contributed by atoms with Gasteiger partial charge in [0, 0.05) is 10.9 Å². The standard InChI is InChI=1S/C26H26BrNO6S/c1-18-12-14-22(15-13-18)35(31,32)34-19(2)25(29)28-24(16-21-10-6-7-11-23(21)27)26(30)33-17-20-8-4-3-5-9-20/h3-15,19,24H,16-17H2,1-2H3,(H,28,29)/t19-,24+/m1/s1. The van der Waals surface area contributed by atoms with Crippen LogP contribution < -0.4 is 5.32 Å². The highest BCUT2D eigenvalue weighted by atomic mass is 79.9. The fourth-order valence-corrected chi connectivity index (χ4v) is 4.68. The molecule has 0 unspecified atom stereocenters. The van der Waals surface area contributed by atoms with Gasteiger partial charge in [0.25, 0.3) is 16.0 Å². The molecule has 1 N–H and O–H groups in total. The predicted octanol–water partition coefficient (Wildman–Crippen LogP) is 4.32. The van der Waals surface area contributed by atoms with E-state index < -0.39 is 34.1 Å². The summed E-state index contributed by atoms with van der Waals surface area (Å²) < 4.78 is 36.5. The van der Waals surface area contributed by atoms with Crippen LogP contribution in [0.3, 0.4) is 0 Å². The molecule has 9 heteroatoms. The monoisotopic (exact) mass is 559 g/mol. The van der Waals surface area contributed by atoms with Gasteiger partial charge in [0.15, 0.2) is 6.10 Å². The summed E-state index contributed by atoms with van der Waals surface area (Å²) in [5, 5.41) is 2.59. The fraction of sp³-hybridized carbons (Fsp3) is 0.231. The Hall–Kier alpha value is -3.01. The van der Waals surface area contributed by atoms with E-state index in [9.17, 15) is 18.0 Å². The van der Waals surface area contributed by atoms with Crippen molar-refractivity contribution >= 4 is 37.9 Å². The summed E-state index contributed by atoms with van der Waals surface area (Å²) in [4.78, 5) is 25.7. The van der Waals surface area contributed by atoms with Crippen molar-refractivity contribution in [1.29, 1.82) is 0 Å². The van der Waals surface area contributed by atoms with Crippen molar-refractivity contribution in [2.45, 2.75) is 43.9 Å². The maximum Gasteiger partial charge on any atom is 0.329 e. The predicted molar refractivity (Wildman–Crippen MR) is 135 cm³/mol. The van der Waals surface area contributed by atoms with Crippen molar-refractivity contribution in [2.24, 2.45) is 0 Å². The number of rotatable bonds is 10. The molecule has 0 aliphatic carbocycles. The van der Waals surface area contributed by atoms with Crippen molar-refractivity contribution < 1.29 is 26.9 Å². The van der Waals surface area contributed by atoms with Gasteiger partial charge in [-0.05, 0) is 43.2 Å². The van der Waals surface area contributed by atoms with Crippen LogP contribution >= 0.6 is 15.9 Å². The molecule has 3 aromatic carbocycles. The summed E-state index contributed by atoms with van der Waals surface area (Å²) in [7, 11) is -4.17. The van der Waals surface area contributed by atoms with Crippen molar-refractivity contribution in [3.63, 3.8) is 0 Å². The Bertz CT molecular complexity index is 1260. The molecule has 0 aliphatic rings. The molecule has 184 valence electrons. The molecule has 35 heavy (non-hydrogen) atoms. The Labute approximate surface area is 213 Å². The van der Waals surface area contributed by atoms with Gasteiger partial charge in [-0.1, -0.05) is 82.2 Å². The van der Waals surface area contributed by atoms with Crippen LogP contribution in [0.4, 0.5) is 0 Å². The second-order valence-electron chi connectivity index (χ2n) is 7.96. The van der Waals surface area contributed by atoms with Crippen LogP contribution in [0.1, 0.15) is 23.6 Å². The quantitative estimate of drug-likeness (QED) is 0.293. The third-order valence-corrected chi connectivity index (χ3v) is 7.32. The Morgan fingerprint density at radius 3 is 2.23 bits per heavy atom. The number of halogens is 1. The summed E-state index contributed by atoms with van der Waals surface area (Å²) >= 11 is 3.45. The van der Waals surface area contributed by atoms with Crippen LogP contribution in [-0.2, 0) is 41.7 Å². The van der Waals surface area contributed by atoms with Crippen molar-refractivity contribution in [1.82, 2.24) is 5.32 Å². The summed E-state index contributed by atoms with van der Waals surface area (Å²) in [5.74, 6) is -1.40. The van der Waals surface area contributed by atoms with Crippen molar-refractivity contribution in [3.05, 3.63) is 100 Å². The second kappa shape index (κ2) is 12.1. The van der Waals surface area contributed by atoms with E-state index >= 15 is 0 Å². The van der Waals surface area contributed by atoms with E-state index in [1.807, 2.05) is 61.5 Å². The first-order valence-corrected chi connectivity index (χ1v) is 13.1. The highest BCUT2D eigenvalue weighted by Crippen LogP contribution is 2.19. The first kappa shape index (κ1) is 26.6. The molecule has 1 amide bonds. The first-order valence-electron chi connectivity index (χ1n) is 10.9. The van der Waals surface area contributed by atoms with E-state index in [2.05, 4.69) is 21.2 Å². The molecule has 0 heterocycles. The van der Waals surface area contributed by atoms with Crippen LogP contribution in [0.15, 0.2) is 88.2 Å². The Morgan fingerprint density at radius 2 is 1.57 bits per heavy atom. The number of hydrogen-bond donors (Lipinski definition) is 1. The van der Waals surface area contributed by atoms with Gasteiger partial charge in [0.1, 0.15) is 12.6 Å². The van der Waals surface area contributed by atoms with Crippen LogP contribution in [0.2, 0.25) is 0 Å². The third-order valence-electron chi connectivity index (χ3n) is 5.16. The van der Waals surface area contributed by atoms with Crippen molar-refractivity contribution in [3.8, 4) is 0 Å². The van der Waals surface area contributed by atoms with Gasteiger partial charge in [0.05, 0.1) is 4.90 Å². The lowest BCUT2D eigenvalue weighted by molar-refractivity contribution is -0.149. The molecule has 7 nitrogen and oxygen atoms in total. The summed E-state index contributed by atoms with van der Waals surface area (Å²) in [6.07, 6.45) is -1.23. The van der Waals surface area contributed by atoms with E-state index in [-0.39, 0.29) is 17.9 Å². The molecule has 2 atom stereocenters. The summed E-state index contributed by atoms with van der Waals surface area (Å²) in [5.41, 5.74) is 2.46. The molecule has 0 radical (unpaired) electrons. The number of aryl methyl sites for hydroxylation is 1. The number of nitrogens with one attached hydrogen (secondary N) is 1. The SMILES string of the molecule is Cc1ccc(S(=O)(=O)O[C@H](C)C(=O)N[C@@H](Cc2ccccc2Br)C(=O)OCc2ccccc2)cc1. The van der Waals surface area contributed by atoms with Crippen LogP contribution in [-0.4, -0.2) is 32.4 Å². The first-order chi connectivity index (χ1) is 16.7. The molecule has 0 spiro atoms. The van der Waals surface area contributed by atoms with E-state index in [0.717, 1.165) is 21.2 Å². The number of carbonyl (C=O) groups is 2. The molecule has 0 saturated carbocycles. The molecule has 0 bridgehead atoms. The molecule has 0 fully saturated rings. The number of benzene rings is 3. The van der Waals surface area contributed by atoms with E-state index in [1.165, 1.54) is 19.1 Å². The lowest BCUT2D eigenvalue weighted by Gasteiger charge is -2.21. The van der Waals surface area contributed by atoms with Gasteiger partial charge in [-0.15, -0.1) is 0 Å². The minimum atomic E-state index is -4.17. The molecule has 0 saturated heterocycles. The largest absolute Gasteiger partial charge is 0.459 e. The summed E-state index contributed by atoms with van der Waals surface area (Å²) in [6, 6.07) is 21.5. The van der Waals surface area contributed by atoms with Gasteiger partial charge in [0.2, 0.25) is 0 Å². The summed E-state index contributed by atoms with van der Waals surface area (Å²) in [6.45, 7) is 3.18. The smallest absolute Gasteiger partial charge is 0.329 e. The van der Waals surface area contributed by atoms with E-state index in [1.54, 1.807) is 12.1 Å². The molecule has 0 aromatic heterocycles. The maximum atomic E-state index is 12.9. The molecular formula is C26H26BrNO6S. The zero-order chi connectivity index (χ0) is 25.4. The average Bonchev–Trinajstić information content (AvgIpc) is 2.84. The second-order valence-corrected chi connectivity index (χ2v) is 10.4. The molecule has 3 aromatic rings. The van der Waals surface area contributed by atoms with Gasteiger partial charge in [-0.2, -0.15) is 8.42 Å². The van der Waals surface area contributed by atoms with Crippen LogP contribution in [0.25, 0.3) is 0 Å². The molecule has 0 aliphatic heterocycles. The van der Waals surface area contributed by atoms with E-state index in [0.29, 0.717) is 0 Å². The lowest BCUT2D eigenvalue weighted by Crippen LogP contribution is -2.47. The zero-order valence-corrected chi connectivity index (χ0v) is 21.7. The Balaban J connectivity index is 1.72. The fourth-order valence-electron chi connectivity index (χ4n) is 3.19. The van der Waals surface area contributed by atoms with Crippen LogP contribution in [0, 0.1) is 6.92 Å². The highest BCUT2D eigenvalue weighted by molar-refractivity contribution is 9.10. The topological polar surface area (TPSA) is 98.8 Å². The van der Waals surface area contributed by atoms with Crippen LogP contribution in [0.5, 0.6) is 0 Å². The Kier molecular flexibility index (Phi) is 9.20. The number of ether oxygens (including phenoxy) is 1. The van der Waals surface area contributed by atoms with Gasteiger partial charge >= 0.3 is 5.97 Å². The highest BCUT2D eigenvalue weighted by Gasteiger charge is 2.29. The lowest BCUT2D eigenvalue weighted by atomic mass is 10.1. The minimum absolute atomic E-state index is 0.0376.